The van der Waals surface area contributed by atoms with Gasteiger partial charge in [-0.15, -0.1) is 0 Å². The summed E-state index contributed by atoms with van der Waals surface area (Å²) in [7, 11) is 0. The largest absolute Gasteiger partial charge is 0.395 e. The van der Waals surface area contributed by atoms with Crippen molar-refractivity contribution in [1.82, 2.24) is 4.98 Å². The zero-order valence-electron chi connectivity index (χ0n) is 9.09. The lowest BCUT2D eigenvalue weighted by Gasteiger charge is -2.21. The second kappa shape index (κ2) is 6.41. The zero-order valence-corrected chi connectivity index (χ0v) is 9.85. The number of rotatable bonds is 6. The minimum Gasteiger partial charge on any atom is -0.395 e. The zero-order chi connectivity index (χ0) is 13.7. The maximum Gasteiger partial charge on any atom is 0.311 e. The third kappa shape index (κ3) is 3.74. The lowest BCUT2D eigenvalue weighted by Crippen LogP contribution is -2.32. The van der Waals surface area contributed by atoms with Crippen molar-refractivity contribution in [2.75, 3.05) is 24.6 Å². The summed E-state index contributed by atoms with van der Waals surface area (Å²) in [6.07, 6.45) is -2.71. The molecule has 0 aliphatic rings. The summed E-state index contributed by atoms with van der Waals surface area (Å²) >= 11 is 5.59. The first-order valence-electron chi connectivity index (χ1n) is 4.90. The van der Waals surface area contributed by atoms with E-state index < -0.39 is 30.2 Å². The third-order valence-corrected chi connectivity index (χ3v) is 2.26. The van der Waals surface area contributed by atoms with Gasteiger partial charge in [0.1, 0.15) is 5.15 Å². The molecule has 0 saturated carbocycles. The molecule has 0 spiro atoms. The Labute approximate surface area is 106 Å². The van der Waals surface area contributed by atoms with Crippen molar-refractivity contribution >= 4 is 23.1 Å². The van der Waals surface area contributed by atoms with Crippen LogP contribution in [-0.2, 0) is 0 Å². The van der Waals surface area contributed by atoms with E-state index in [-0.39, 0.29) is 17.5 Å². The minimum atomic E-state index is -2.71. The van der Waals surface area contributed by atoms with E-state index in [0.717, 1.165) is 11.0 Å². The van der Waals surface area contributed by atoms with E-state index in [4.69, 9.17) is 16.7 Å². The minimum absolute atomic E-state index is 0.0483. The number of pyridine rings is 1. The van der Waals surface area contributed by atoms with Crippen molar-refractivity contribution in [2.24, 2.45) is 0 Å². The van der Waals surface area contributed by atoms with E-state index in [2.05, 4.69) is 4.98 Å². The van der Waals surface area contributed by atoms with Crippen LogP contribution in [0, 0.1) is 10.1 Å². The van der Waals surface area contributed by atoms with Gasteiger partial charge in [-0.05, 0) is 6.07 Å². The Morgan fingerprint density at radius 2 is 2.22 bits per heavy atom. The van der Waals surface area contributed by atoms with Gasteiger partial charge in [-0.1, -0.05) is 11.6 Å². The van der Waals surface area contributed by atoms with Gasteiger partial charge in [0, 0.05) is 12.6 Å². The van der Waals surface area contributed by atoms with Crippen molar-refractivity contribution in [1.29, 1.82) is 0 Å². The Bertz CT molecular complexity index is 434. The van der Waals surface area contributed by atoms with Crippen LogP contribution in [0.15, 0.2) is 12.1 Å². The monoisotopic (exact) mass is 281 g/mol. The molecule has 0 atom stereocenters. The first kappa shape index (κ1) is 14.5. The number of anilines is 1. The fourth-order valence-corrected chi connectivity index (χ4v) is 1.51. The second-order valence-electron chi connectivity index (χ2n) is 3.29. The molecule has 0 aliphatic heterocycles. The molecule has 0 aromatic carbocycles. The number of alkyl halides is 2. The second-order valence-corrected chi connectivity index (χ2v) is 3.68. The van der Waals surface area contributed by atoms with Crippen LogP contribution in [0.2, 0.25) is 5.15 Å². The highest BCUT2D eigenvalue weighted by atomic mass is 35.5. The van der Waals surface area contributed by atoms with Gasteiger partial charge in [-0.2, -0.15) is 0 Å². The summed E-state index contributed by atoms with van der Waals surface area (Å²) in [6.45, 7) is -1.40. The highest BCUT2D eigenvalue weighted by Crippen LogP contribution is 2.27. The van der Waals surface area contributed by atoms with Crippen molar-refractivity contribution in [3.63, 3.8) is 0 Å². The Morgan fingerprint density at radius 1 is 1.56 bits per heavy atom. The van der Waals surface area contributed by atoms with Crippen LogP contribution in [0.3, 0.4) is 0 Å². The highest BCUT2D eigenvalue weighted by Gasteiger charge is 2.23. The molecular weight excluding hydrogens is 272 g/mol. The van der Waals surface area contributed by atoms with Crippen LogP contribution in [0.4, 0.5) is 20.3 Å². The summed E-state index contributed by atoms with van der Waals surface area (Å²) in [5.74, 6) is -0.276. The molecule has 0 aliphatic carbocycles. The maximum atomic E-state index is 12.4. The van der Waals surface area contributed by atoms with E-state index >= 15 is 0 Å². The van der Waals surface area contributed by atoms with Crippen LogP contribution >= 0.6 is 11.6 Å². The summed E-state index contributed by atoms with van der Waals surface area (Å²) in [5.41, 5.74) is -0.437. The highest BCUT2D eigenvalue weighted by molar-refractivity contribution is 6.29. The first-order valence-corrected chi connectivity index (χ1v) is 5.28. The first-order chi connectivity index (χ1) is 8.45. The van der Waals surface area contributed by atoms with E-state index in [0.29, 0.717) is 0 Å². The van der Waals surface area contributed by atoms with Crippen molar-refractivity contribution in [3.05, 3.63) is 27.4 Å². The number of aliphatic hydroxyl groups is 1. The van der Waals surface area contributed by atoms with Crippen LogP contribution < -0.4 is 4.90 Å². The van der Waals surface area contributed by atoms with Gasteiger partial charge in [-0.3, -0.25) is 10.1 Å². The number of aliphatic hydroxyl groups excluding tert-OH is 1. The summed E-state index contributed by atoms with van der Waals surface area (Å²) in [6, 6.07) is 2.28. The van der Waals surface area contributed by atoms with Crippen LogP contribution in [0.5, 0.6) is 0 Å². The Hall–Kier alpha value is -1.54. The number of hydrogen-bond donors (Lipinski definition) is 1. The summed E-state index contributed by atoms with van der Waals surface area (Å²) in [4.78, 5) is 14.6. The molecule has 0 fully saturated rings. The van der Waals surface area contributed by atoms with Crippen LogP contribution in [-0.4, -0.2) is 41.1 Å². The predicted molar refractivity (Wildman–Crippen MR) is 61.2 cm³/mol. The Kier molecular flexibility index (Phi) is 5.17. The fourth-order valence-electron chi connectivity index (χ4n) is 1.36. The van der Waals surface area contributed by atoms with E-state index in [9.17, 15) is 18.9 Å². The van der Waals surface area contributed by atoms with Crippen molar-refractivity contribution in [3.8, 4) is 0 Å². The molecular formula is C9H10ClF2N3O3. The molecule has 1 aromatic heterocycles. The molecule has 0 unspecified atom stereocenters. The van der Waals surface area contributed by atoms with Gasteiger partial charge in [0.2, 0.25) is 5.82 Å². The molecule has 0 bridgehead atoms. The SMILES string of the molecule is O=[N+]([O-])c1ccc(Cl)nc1N(CCO)CC(F)F. The normalized spacial score (nSPS) is 10.7. The number of nitrogens with zero attached hydrogens (tertiary/aromatic N) is 3. The number of halogens is 3. The molecule has 1 rings (SSSR count). The summed E-state index contributed by atoms with van der Waals surface area (Å²) in [5, 5.41) is 19.5. The molecule has 0 amide bonds. The standard InChI is InChI=1S/C9H10ClF2N3O3/c10-7-2-1-6(15(17)18)9(13-7)14(3-4-16)5-8(11)12/h1-2,8,16H,3-5H2. The van der Waals surface area contributed by atoms with Crippen molar-refractivity contribution < 1.29 is 18.8 Å². The summed E-state index contributed by atoms with van der Waals surface area (Å²) < 4.78 is 24.7. The molecule has 9 heteroatoms. The lowest BCUT2D eigenvalue weighted by molar-refractivity contribution is -0.384. The molecule has 1 aromatic rings. The topological polar surface area (TPSA) is 79.5 Å². The van der Waals surface area contributed by atoms with Crippen molar-refractivity contribution in [2.45, 2.75) is 6.43 Å². The van der Waals surface area contributed by atoms with Crippen LogP contribution in [0.1, 0.15) is 0 Å². The molecule has 18 heavy (non-hydrogen) atoms. The maximum absolute atomic E-state index is 12.4. The number of nitro groups is 1. The number of aromatic nitrogens is 1. The van der Waals surface area contributed by atoms with Gasteiger partial charge in [-0.25, -0.2) is 13.8 Å². The molecule has 0 saturated heterocycles. The predicted octanol–water partition coefficient (Wildman–Crippen LogP) is 1.71. The molecule has 0 radical (unpaired) electrons. The van der Waals surface area contributed by atoms with Gasteiger partial charge < -0.3 is 10.0 Å². The number of hydrogen-bond acceptors (Lipinski definition) is 5. The third-order valence-electron chi connectivity index (χ3n) is 2.05. The molecule has 1 heterocycles. The van der Waals surface area contributed by atoms with E-state index in [1.165, 1.54) is 6.07 Å². The van der Waals surface area contributed by atoms with E-state index in [1.807, 2.05) is 0 Å². The lowest BCUT2D eigenvalue weighted by atomic mass is 10.3. The molecule has 100 valence electrons. The van der Waals surface area contributed by atoms with Gasteiger partial charge in [0.25, 0.3) is 6.43 Å². The Morgan fingerprint density at radius 3 is 2.72 bits per heavy atom. The average molecular weight is 282 g/mol. The van der Waals surface area contributed by atoms with E-state index in [1.54, 1.807) is 0 Å². The van der Waals surface area contributed by atoms with Crippen LogP contribution in [0.25, 0.3) is 0 Å². The Balaban J connectivity index is 3.15. The van der Waals surface area contributed by atoms with Gasteiger partial charge in [0.05, 0.1) is 18.1 Å². The fraction of sp³-hybridized carbons (Fsp3) is 0.444. The quantitative estimate of drug-likeness (QED) is 0.488. The molecule has 6 nitrogen and oxygen atoms in total. The van der Waals surface area contributed by atoms with Gasteiger partial charge in [0.15, 0.2) is 0 Å². The molecule has 1 N–H and O–H groups in total. The smallest absolute Gasteiger partial charge is 0.311 e. The van der Waals surface area contributed by atoms with Gasteiger partial charge >= 0.3 is 5.69 Å². The average Bonchev–Trinajstić information content (AvgIpc) is 2.27.